The molecule has 2 atom stereocenters. The number of halogens is 1. The first-order valence-electron chi connectivity index (χ1n) is 5.87. The normalized spacial score (nSPS) is 24.9. The predicted molar refractivity (Wildman–Crippen MR) is 69.4 cm³/mol. The van der Waals surface area contributed by atoms with Crippen molar-refractivity contribution in [2.24, 2.45) is 5.92 Å². The topological polar surface area (TPSA) is 32.3 Å². The van der Waals surface area contributed by atoms with Gasteiger partial charge in [0.1, 0.15) is 5.75 Å². The Morgan fingerprint density at radius 3 is 2.88 bits per heavy atom. The van der Waals surface area contributed by atoms with Crippen molar-refractivity contribution in [1.82, 2.24) is 5.32 Å². The van der Waals surface area contributed by atoms with Gasteiger partial charge in [-0.1, -0.05) is 19.4 Å². The number of hydrogen-bond acceptors (Lipinski definition) is 2. The molecule has 16 heavy (non-hydrogen) atoms. The van der Waals surface area contributed by atoms with Crippen molar-refractivity contribution in [3.8, 4) is 5.75 Å². The SMILES string of the molecule is CC1CCCC1NCc1ccc(O)c(Br)c1. The number of nitrogens with one attached hydrogen (secondary N) is 1. The van der Waals surface area contributed by atoms with Gasteiger partial charge in [0.25, 0.3) is 0 Å². The molecule has 3 heteroatoms. The van der Waals surface area contributed by atoms with E-state index in [1.165, 1.54) is 24.8 Å². The molecule has 2 rings (SSSR count). The molecular formula is C13H18BrNO. The second-order valence-corrected chi connectivity index (χ2v) is 5.54. The quantitative estimate of drug-likeness (QED) is 0.891. The van der Waals surface area contributed by atoms with Gasteiger partial charge in [-0.15, -0.1) is 0 Å². The van der Waals surface area contributed by atoms with Crippen molar-refractivity contribution in [2.45, 2.75) is 38.8 Å². The number of phenols is 1. The summed E-state index contributed by atoms with van der Waals surface area (Å²) in [5.41, 5.74) is 1.21. The third-order valence-electron chi connectivity index (χ3n) is 3.44. The number of benzene rings is 1. The lowest BCUT2D eigenvalue weighted by Gasteiger charge is -2.17. The summed E-state index contributed by atoms with van der Waals surface area (Å²) in [5, 5.41) is 13.0. The van der Waals surface area contributed by atoms with Gasteiger partial charge < -0.3 is 10.4 Å². The number of phenolic OH excluding ortho intramolecular Hbond substituents is 1. The third kappa shape index (κ3) is 2.77. The Morgan fingerprint density at radius 1 is 1.44 bits per heavy atom. The first kappa shape index (κ1) is 11.9. The van der Waals surface area contributed by atoms with Crippen LogP contribution in [0.25, 0.3) is 0 Å². The van der Waals surface area contributed by atoms with E-state index >= 15 is 0 Å². The smallest absolute Gasteiger partial charge is 0.129 e. The fraction of sp³-hybridized carbons (Fsp3) is 0.538. The van der Waals surface area contributed by atoms with Crippen molar-refractivity contribution in [3.63, 3.8) is 0 Å². The Bertz CT molecular complexity index is 367. The van der Waals surface area contributed by atoms with Gasteiger partial charge in [-0.3, -0.25) is 0 Å². The Kier molecular flexibility index (Phi) is 3.87. The molecule has 1 saturated carbocycles. The molecule has 2 N–H and O–H groups in total. The highest BCUT2D eigenvalue weighted by Crippen LogP contribution is 2.26. The summed E-state index contributed by atoms with van der Waals surface area (Å²) in [6.45, 7) is 3.20. The largest absolute Gasteiger partial charge is 0.507 e. The molecule has 0 saturated heterocycles. The average Bonchev–Trinajstić information content (AvgIpc) is 2.66. The van der Waals surface area contributed by atoms with Crippen LogP contribution in [0.15, 0.2) is 22.7 Å². The first-order chi connectivity index (χ1) is 7.66. The summed E-state index contributed by atoms with van der Waals surface area (Å²) >= 11 is 3.33. The van der Waals surface area contributed by atoms with Crippen LogP contribution in [0.1, 0.15) is 31.7 Å². The molecule has 0 aliphatic heterocycles. The van der Waals surface area contributed by atoms with E-state index in [0.29, 0.717) is 11.8 Å². The summed E-state index contributed by atoms with van der Waals surface area (Å²) in [5.74, 6) is 1.10. The van der Waals surface area contributed by atoms with Crippen LogP contribution in [0.5, 0.6) is 5.75 Å². The highest BCUT2D eigenvalue weighted by molar-refractivity contribution is 9.10. The molecule has 0 heterocycles. The van der Waals surface area contributed by atoms with E-state index in [9.17, 15) is 5.11 Å². The third-order valence-corrected chi connectivity index (χ3v) is 4.08. The highest BCUT2D eigenvalue weighted by Gasteiger charge is 2.22. The van der Waals surface area contributed by atoms with E-state index in [4.69, 9.17) is 0 Å². The molecule has 0 spiro atoms. The van der Waals surface area contributed by atoms with Crippen molar-refractivity contribution in [2.75, 3.05) is 0 Å². The van der Waals surface area contributed by atoms with E-state index in [0.717, 1.165) is 16.9 Å². The maximum Gasteiger partial charge on any atom is 0.129 e. The van der Waals surface area contributed by atoms with Crippen LogP contribution in [0.3, 0.4) is 0 Å². The molecule has 0 amide bonds. The Labute approximate surface area is 105 Å². The van der Waals surface area contributed by atoms with Crippen molar-refractivity contribution in [1.29, 1.82) is 0 Å². The molecule has 0 bridgehead atoms. The molecular weight excluding hydrogens is 266 g/mol. The maximum absolute atomic E-state index is 9.40. The molecule has 2 nitrogen and oxygen atoms in total. The zero-order valence-electron chi connectivity index (χ0n) is 9.54. The van der Waals surface area contributed by atoms with Gasteiger partial charge in [-0.25, -0.2) is 0 Å². The summed E-state index contributed by atoms with van der Waals surface area (Å²) in [7, 11) is 0. The molecule has 88 valence electrons. The molecule has 1 fully saturated rings. The summed E-state index contributed by atoms with van der Waals surface area (Å²) in [4.78, 5) is 0. The molecule has 1 aliphatic rings. The van der Waals surface area contributed by atoms with Crippen LogP contribution >= 0.6 is 15.9 Å². The predicted octanol–water partition coefficient (Wildman–Crippen LogP) is 3.43. The molecule has 0 aromatic heterocycles. The fourth-order valence-corrected chi connectivity index (χ4v) is 2.78. The van der Waals surface area contributed by atoms with Gasteiger partial charge in [0.2, 0.25) is 0 Å². The van der Waals surface area contributed by atoms with Crippen molar-refractivity contribution in [3.05, 3.63) is 28.2 Å². The maximum atomic E-state index is 9.40. The van der Waals surface area contributed by atoms with E-state index in [1.807, 2.05) is 12.1 Å². The molecule has 1 aliphatic carbocycles. The highest BCUT2D eigenvalue weighted by atomic mass is 79.9. The van der Waals surface area contributed by atoms with Crippen LogP contribution in [0, 0.1) is 5.92 Å². The van der Waals surface area contributed by atoms with Gasteiger partial charge in [0.05, 0.1) is 4.47 Å². The lowest BCUT2D eigenvalue weighted by molar-refractivity contribution is 0.425. The van der Waals surface area contributed by atoms with Crippen LogP contribution in [-0.4, -0.2) is 11.1 Å². The van der Waals surface area contributed by atoms with E-state index < -0.39 is 0 Å². The van der Waals surface area contributed by atoms with Gasteiger partial charge >= 0.3 is 0 Å². The molecule has 1 aromatic rings. The zero-order chi connectivity index (χ0) is 11.5. The van der Waals surface area contributed by atoms with E-state index in [-0.39, 0.29) is 0 Å². The zero-order valence-corrected chi connectivity index (χ0v) is 11.1. The first-order valence-corrected chi connectivity index (χ1v) is 6.67. The second-order valence-electron chi connectivity index (χ2n) is 4.68. The Morgan fingerprint density at radius 2 is 2.25 bits per heavy atom. The summed E-state index contributed by atoms with van der Waals surface area (Å²) < 4.78 is 0.770. The Hall–Kier alpha value is -0.540. The Balaban J connectivity index is 1.91. The average molecular weight is 284 g/mol. The molecule has 1 aromatic carbocycles. The van der Waals surface area contributed by atoms with E-state index in [1.54, 1.807) is 6.07 Å². The van der Waals surface area contributed by atoms with E-state index in [2.05, 4.69) is 28.2 Å². The fourth-order valence-electron chi connectivity index (χ4n) is 2.36. The molecule has 0 radical (unpaired) electrons. The van der Waals surface area contributed by atoms with Crippen molar-refractivity contribution >= 4 is 15.9 Å². The number of aromatic hydroxyl groups is 1. The monoisotopic (exact) mass is 283 g/mol. The van der Waals surface area contributed by atoms with Gasteiger partial charge in [-0.05, 0) is 52.4 Å². The van der Waals surface area contributed by atoms with Crippen LogP contribution in [-0.2, 0) is 6.54 Å². The summed E-state index contributed by atoms with van der Waals surface area (Å²) in [6.07, 6.45) is 3.98. The minimum absolute atomic E-state index is 0.304. The number of rotatable bonds is 3. The van der Waals surface area contributed by atoms with Crippen molar-refractivity contribution < 1.29 is 5.11 Å². The number of hydrogen-bond donors (Lipinski definition) is 2. The minimum Gasteiger partial charge on any atom is -0.507 e. The lowest BCUT2D eigenvalue weighted by atomic mass is 10.1. The van der Waals surface area contributed by atoms with Crippen LogP contribution in [0.4, 0.5) is 0 Å². The van der Waals surface area contributed by atoms with Crippen LogP contribution in [0.2, 0.25) is 0 Å². The minimum atomic E-state index is 0.304. The summed E-state index contributed by atoms with van der Waals surface area (Å²) in [6, 6.07) is 6.33. The van der Waals surface area contributed by atoms with Gasteiger partial charge in [0.15, 0.2) is 0 Å². The van der Waals surface area contributed by atoms with Crippen LogP contribution < -0.4 is 5.32 Å². The standard InChI is InChI=1S/C13H18BrNO/c1-9-3-2-4-12(9)15-8-10-5-6-13(16)11(14)7-10/h5-7,9,12,15-16H,2-4,8H2,1H3. The molecule has 2 unspecified atom stereocenters. The van der Waals surface area contributed by atoms with Gasteiger partial charge in [-0.2, -0.15) is 0 Å². The van der Waals surface area contributed by atoms with Gasteiger partial charge in [0, 0.05) is 12.6 Å². The lowest BCUT2D eigenvalue weighted by Crippen LogP contribution is -2.30. The second kappa shape index (κ2) is 5.19.